The summed E-state index contributed by atoms with van der Waals surface area (Å²) in [6.07, 6.45) is 42.7. The van der Waals surface area contributed by atoms with Gasteiger partial charge in [0.1, 0.15) is 0 Å². The monoisotopic (exact) mass is 1020 g/mol. The van der Waals surface area contributed by atoms with Gasteiger partial charge in [0.25, 0.3) is 0 Å². The molecule has 0 aromatic rings. The molecule has 0 unspecified atom stereocenters. The second kappa shape index (κ2) is 55.0. The van der Waals surface area contributed by atoms with E-state index in [1.165, 1.54) is 180 Å². The van der Waals surface area contributed by atoms with E-state index in [9.17, 15) is 19.2 Å². The van der Waals surface area contributed by atoms with Crippen molar-refractivity contribution in [2.75, 3.05) is 106 Å². The minimum atomic E-state index is -0.254. The third kappa shape index (κ3) is 51.2. The largest absolute Gasteiger partial charge is 0.469 e. The van der Waals surface area contributed by atoms with Crippen LogP contribution in [0.25, 0.3) is 0 Å². The summed E-state index contributed by atoms with van der Waals surface area (Å²) < 4.78 is 21.8. The topological polar surface area (TPSA) is 118 Å². The zero-order chi connectivity index (χ0) is 52.8. The number of likely N-dealkylation sites (N-methyl/N-ethyl adjacent to an activating group) is 2. The fourth-order valence-electron chi connectivity index (χ4n) is 9.03. The highest BCUT2D eigenvalue weighted by Crippen LogP contribution is 2.14. The van der Waals surface area contributed by atoms with Gasteiger partial charge < -0.3 is 38.5 Å². The van der Waals surface area contributed by atoms with Gasteiger partial charge in [-0.25, -0.2) is 0 Å². The number of methoxy groups -OCH3 is 1. The molecule has 0 saturated carbocycles. The van der Waals surface area contributed by atoms with E-state index in [4.69, 9.17) is 18.9 Å². The van der Waals surface area contributed by atoms with E-state index in [2.05, 4.69) is 54.5 Å². The molecule has 0 atom stereocenters. The van der Waals surface area contributed by atoms with Crippen molar-refractivity contribution >= 4 is 23.9 Å². The zero-order valence-electron chi connectivity index (χ0n) is 48.4. The number of rotatable bonds is 57. The zero-order valence-corrected chi connectivity index (χ0v) is 48.4. The first-order valence-electron chi connectivity index (χ1n) is 30.5. The predicted molar refractivity (Wildman–Crippen MR) is 301 cm³/mol. The van der Waals surface area contributed by atoms with Gasteiger partial charge >= 0.3 is 23.9 Å². The molecule has 12 nitrogen and oxygen atoms in total. The number of hydrogen-bond donors (Lipinski definition) is 0. The molecule has 0 aromatic heterocycles. The molecule has 0 aliphatic carbocycles. The van der Waals surface area contributed by atoms with Crippen LogP contribution in [0.4, 0.5) is 0 Å². The lowest BCUT2D eigenvalue weighted by molar-refractivity contribution is -0.145. The van der Waals surface area contributed by atoms with Crippen molar-refractivity contribution in [3.05, 3.63) is 0 Å². The maximum atomic E-state index is 12.8. The number of carbonyl (C=O) groups excluding carboxylic acids is 4. The van der Waals surface area contributed by atoms with Crippen molar-refractivity contribution in [2.45, 2.75) is 258 Å². The third-order valence-corrected chi connectivity index (χ3v) is 14.2. The Hall–Kier alpha value is -2.28. The van der Waals surface area contributed by atoms with Gasteiger partial charge in [0.15, 0.2) is 0 Å². The van der Waals surface area contributed by atoms with Gasteiger partial charge in [0.05, 0.1) is 52.6 Å². The van der Waals surface area contributed by atoms with Gasteiger partial charge in [-0.1, -0.05) is 213 Å². The van der Waals surface area contributed by atoms with Crippen molar-refractivity contribution in [3.63, 3.8) is 0 Å². The highest BCUT2D eigenvalue weighted by molar-refractivity contribution is 5.70. The van der Waals surface area contributed by atoms with Crippen molar-refractivity contribution < 1.29 is 38.1 Å². The minimum Gasteiger partial charge on any atom is -0.469 e. The van der Waals surface area contributed by atoms with Crippen LogP contribution in [0.5, 0.6) is 0 Å². The van der Waals surface area contributed by atoms with E-state index >= 15 is 0 Å². The van der Waals surface area contributed by atoms with Crippen LogP contribution in [0.1, 0.15) is 258 Å². The highest BCUT2D eigenvalue weighted by Gasteiger charge is 2.16. The van der Waals surface area contributed by atoms with E-state index in [0.29, 0.717) is 65.3 Å². The van der Waals surface area contributed by atoms with Gasteiger partial charge in [-0.3, -0.25) is 19.2 Å². The lowest BCUT2D eigenvalue weighted by Crippen LogP contribution is -2.40. The van der Waals surface area contributed by atoms with Gasteiger partial charge in [-0.05, 0) is 33.4 Å². The first kappa shape index (κ1) is 69.7. The summed E-state index contributed by atoms with van der Waals surface area (Å²) >= 11 is 0. The molecule has 72 heavy (non-hydrogen) atoms. The van der Waals surface area contributed by atoms with Crippen LogP contribution in [-0.4, -0.2) is 150 Å². The van der Waals surface area contributed by atoms with E-state index in [-0.39, 0.29) is 30.3 Å². The summed E-state index contributed by atoms with van der Waals surface area (Å²) in [5, 5.41) is 0. The third-order valence-electron chi connectivity index (χ3n) is 14.2. The van der Waals surface area contributed by atoms with Crippen LogP contribution in [0.2, 0.25) is 0 Å². The Morgan fingerprint density at radius 1 is 0.278 bits per heavy atom. The van der Waals surface area contributed by atoms with E-state index < -0.39 is 0 Å². The van der Waals surface area contributed by atoms with E-state index in [1.54, 1.807) is 0 Å². The van der Waals surface area contributed by atoms with Crippen LogP contribution >= 0.6 is 0 Å². The molecular weight excluding hydrogens is 905 g/mol. The number of ether oxygens (including phenoxy) is 4. The summed E-state index contributed by atoms with van der Waals surface area (Å²) in [6, 6.07) is 0. The standard InChI is InChI=1S/C60H118N4O8/c1-7-10-13-16-19-22-25-28-31-34-37-54-70-58(66)41-45-63(44-40-57(65)69-6)52-50-61(4)48-49-62(5)51-53-64(46-42-59(67)71-55-38-35-32-29-26-23-20-17-14-11-8-2)47-43-60(68)72-56-39-36-33-30-27-24-21-18-15-12-9-3/h7-56H2,1-6H3. The Morgan fingerprint density at radius 2 is 0.486 bits per heavy atom. The SMILES string of the molecule is CCCCCCCCCCCCCOC(=O)CCN(CCC(=O)OC)CCN(C)CCN(C)CCN(CCC(=O)OCCCCCCCCCCCCC)CCC(=O)OCCCCCCCCCCCCC. The van der Waals surface area contributed by atoms with Crippen LogP contribution in [0.15, 0.2) is 0 Å². The quantitative estimate of drug-likeness (QED) is 0.0328. The van der Waals surface area contributed by atoms with Crippen molar-refractivity contribution in [2.24, 2.45) is 0 Å². The second-order valence-electron chi connectivity index (χ2n) is 21.1. The lowest BCUT2D eigenvalue weighted by Gasteiger charge is -2.28. The molecule has 0 bridgehead atoms. The van der Waals surface area contributed by atoms with E-state index in [0.717, 1.165) is 77.8 Å². The maximum absolute atomic E-state index is 12.8. The molecule has 0 fully saturated rings. The average molecular weight is 1020 g/mol. The molecule has 0 rings (SSSR count). The number of unbranched alkanes of at least 4 members (excludes halogenated alkanes) is 30. The molecule has 0 N–H and O–H groups in total. The van der Waals surface area contributed by atoms with Crippen LogP contribution in [0, 0.1) is 0 Å². The molecule has 0 saturated heterocycles. The summed E-state index contributed by atoms with van der Waals surface area (Å²) in [6.45, 7) is 15.1. The van der Waals surface area contributed by atoms with Gasteiger partial charge in [-0.15, -0.1) is 0 Å². The number of esters is 4. The fourth-order valence-corrected chi connectivity index (χ4v) is 9.03. The average Bonchev–Trinajstić information content (AvgIpc) is 3.38. The number of hydrogen-bond acceptors (Lipinski definition) is 12. The molecule has 426 valence electrons. The summed E-state index contributed by atoms with van der Waals surface area (Å²) in [4.78, 5) is 59.2. The first-order chi connectivity index (χ1) is 35.1. The first-order valence-corrected chi connectivity index (χ1v) is 30.5. The van der Waals surface area contributed by atoms with Gasteiger partial charge in [0.2, 0.25) is 0 Å². The Bertz CT molecular complexity index is 1170. The molecular formula is C60H118N4O8. The molecule has 0 spiro atoms. The minimum absolute atomic E-state index is 0.168. The predicted octanol–water partition coefficient (Wildman–Crippen LogP) is 13.7. The molecule has 0 aromatic carbocycles. The fraction of sp³-hybridized carbons (Fsp3) is 0.933. The second-order valence-corrected chi connectivity index (χ2v) is 21.1. The molecule has 0 aliphatic rings. The molecule has 12 heteroatoms. The highest BCUT2D eigenvalue weighted by atomic mass is 16.5. The van der Waals surface area contributed by atoms with Crippen LogP contribution in [0.3, 0.4) is 0 Å². The van der Waals surface area contributed by atoms with Gasteiger partial charge in [0, 0.05) is 65.4 Å². The molecule has 0 aliphatic heterocycles. The Balaban J connectivity index is 4.80. The van der Waals surface area contributed by atoms with Crippen molar-refractivity contribution in [1.29, 1.82) is 0 Å². The molecule has 0 radical (unpaired) electrons. The van der Waals surface area contributed by atoms with Crippen LogP contribution in [-0.2, 0) is 38.1 Å². The summed E-state index contributed by atoms with van der Waals surface area (Å²) in [5.74, 6) is -0.769. The van der Waals surface area contributed by atoms with Crippen LogP contribution < -0.4 is 0 Å². The summed E-state index contributed by atoms with van der Waals surface area (Å²) in [5.41, 5.74) is 0. The molecule has 0 amide bonds. The lowest BCUT2D eigenvalue weighted by atomic mass is 10.1. The maximum Gasteiger partial charge on any atom is 0.307 e. The van der Waals surface area contributed by atoms with E-state index in [1.807, 2.05) is 0 Å². The summed E-state index contributed by atoms with van der Waals surface area (Å²) in [7, 11) is 5.62. The molecule has 0 heterocycles. The number of carbonyl (C=O) groups is 4. The number of nitrogens with zero attached hydrogens (tertiary/aromatic N) is 4. The van der Waals surface area contributed by atoms with Crippen molar-refractivity contribution in [3.8, 4) is 0 Å². The normalized spacial score (nSPS) is 11.6. The smallest absolute Gasteiger partial charge is 0.307 e. The Labute approximate surface area is 444 Å². The Morgan fingerprint density at radius 3 is 0.722 bits per heavy atom. The van der Waals surface area contributed by atoms with Crippen molar-refractivity contribution in [1.82, 2.24) is 19.6 Å². The van der Waals surface area contributed by atoms with Gasteiger partial charge in [-0.2, -0.15) is 0 Å². The Kier molecular flexibility index (Phi) is 53.2.